The Morgan fingerprint density at radius 3 is 2.57 bits per heavy atom. The molecular weight excluding hydrogens is 375 g/mol. The molecule has 1 amide bonds. The molecule has 0 bridgehead atoms. The number of halogens is 2. The normalized spacial score (nSPS) is 17.6. The second-order valence-corrected chi connectivity index (χ2v) is 7.47. The Kier molecular flexibility index (Phi) is 5.27. The molecule has 0 saturated carbocycles. The molecule has 1 aromatic carbocycles. The van der Waals surface area contributed by atoms with Gasteiger partial charge in [-0.05, 0) is 53.2 Å². The molecule has 2 rings (SSSR count). The smallest absolute Gasteiger partial charge is 0.253 e. The summed E-state index contributed by atoms with van der Waals surface area (Å²) in [6.07, 6.45) is 3.45. The maximum absolute atomic E-state index is 13.5. The highest BCUT2D eigenvalue weighted by Gasteiger charge is 2.38. The van der Waals surface area contributed by atoms with Crippen molar-refractivity contribution >= 4 is 50.8 Å². The molecular formula is C14H16BrFN2OS2. The van der Waals surface area contributed by atoms with E-state index in [0.29, 0.717) is 28.1 Å². The molecule has 1 aliphatic rings. The van der Waals surface area contributed by atoms with Crippen LogP contribution in [0.3, 0.4) is 0 Å². The van der Waals surface area contributed by atoms with Gasteiger partial charge in [-0.15, -0.1) is 0 Å². The number of piperidine rings is 1. The number of thiocarbonyl (C=S) groups is 1. The van der Waals surface area contributed by atoms with Gasteiger partial charge in [0.2, 0.25) is 0 Å². The van der Waals surface area contributed by atoms with Crippen LogP contribution >= 0.6 is 39.9 Å². The van der Waals surface area contributed by atoms with Gasteiger partial charge in [-0.2, -0.15) is 11.8 Å². The number of carbonyl (C=O) groups excluding carboxylic acids is 1. The van der Waals surface area contributed by atoms with Crippen molar-refractivity contribution in [1.29, 1.82) is 0 Å². The lowest BCUT2D eigenvalue weighted by molar-refractivity contribution is 0.0718. The average molecular weight is 391 g/mol. The van der Waals surface area contributed by atoms with Gasteiger partial charge in [-0.3, -0.25) is 4.79 Å². The predicted molar refractivity (Wildman–Crippen MR) is 92.3 cm³/mol. The standard InChI is InChI=1S/C14H16BrFN2OS2/c1-21-14(13(17)20)4-6-18(7-5-14)12(19)9-2-3-10(15)11(16)8-9/h2-3,8H,4-7H2,1H3,(H2,17,20). The summed E-state index contributed by atoms with van der Waals surface area (Å²) in [7, 11) is 0. The lowest BCUT2D eigenvalue weighted by Crippen LogP contribution is -2.50. The van der Waals surface area contributed by atoms with E-state index in [4.69, 9.17) is 18.0 Å². The van der Waals surface area contributed by atoms with Crippen LogP contribution in [-0.2, 0) is 0 Å². The first-order valence-electron chi connectivity index (χ1n) is 6.49. The van der Waals surface area contributed by atoms with E-state index in [1.807, 2.05) is 6.26 Å². The number of hydrogen-bond acceptors (Lipinski definition) is 3. The van der Waals surface area contributed by atoms with Crippen LogP contribution in [0.15, 0.2) is 22.7 Å². The van der Waals surface area contributed by atoms with Crippen molar-refractivity contribution in [2.24, 2.45) is 5.73 Å². The molecule has 1 aromatic rings. The topological polar surface area (TPSA) is 46.3 Å². The second-order valence-electron chi connectivity index (χ2n) is 4.98. The fraction of sp³-hybridized carbons (Fsp3) is 0.429. The summed E-state index contributed by atoms with van der Waals surface area (Å²) in [6, 6.07) is 4.43. The molecule has 1 aliphatic heterocycles. The molecule has 0 spiro atoms. The van der Waals surface area contributed by atoms with E-state index in [-0.39, 0.29) is 10.7 Å². The van der Waals surface area contributed by atoms with Gasteiger partial charge in [-0.25, -0.2) is 4.39 Å². The zero-order valence-corrected chi connectivity index (χ0v) is 14.8. The van der Waals surface area contributed by atoms with E-state index < -0.39 is 5.82 Å². The average Bonchev–Trinajstić information content (AvgIpc) is 2.49. The quantitative estimate of drug-likeness (QED) is 0.804. The first kappa shape index (κ1) is 16.7. The van der Waals surface area contributed by atoms with Crippen LogP contribution in [-0.4, -0.2) is 39.9 Å². The SMILES string of the molecule is CSC1(C(N)=S)CCN(C(=O)c2ccc(Br)c(F)c2)CC1. The molecule has 3 nitrogen and oxygen atoms in total. The van der Waals surface area contributed by atoms with Gasteiger partial charge in [0.25, 0.3) is 5.91 Å². The van der Waals surface area contributed by atoms with E-state index in [2.05, 4.69) is 15.9 Å². The Hall–Kier alpha value is -0.660. The number of rotatable bonds is 3. The Balaban J connectivity index is 2.09. The number of amides is 1. The number of nitrogens with zero attached hydrogens (tertiary/aromatic N) is 1. The third-order valence-electron chi connectivity index (χ3n) is 3.86. The van der Waals surface area contributed by atoms with Crippen molar-refractivity contribution in [3.8, 4) is 0 Å². The first-order chi connectivity index (χ1) is 9.89. The summed E-state index contributed by atoms with van der Waals surface area (Å²) in [5.41, 5.74) is 6.20. The fourth-order valence-electron chi connectivity index (χ4n) is 2.43. The molecule has 0 aromatic heterocycles. The van der Waals surface area contributed by atoms with E-state index in [0.717, 1.165) is 12.8 Å². The van der Waals surface area contributed by atoms with Crippen molar-refractivity contribution in [2.75, 3.05) is 19.3 Å². The number of carbonyl (C=O) groups is 1. The van der Waals surface area contributed by atoms with E-state index in [1.54, 1.807) is 28.8 Å². The minimum Gasteiger partial charge on any atom is -0.392 e. The van der Waals surface area contributed by atoms with E-state index in [1.165, 1.54) is 6.07 Å². The zero-order chi connectivity index (χ0) is 15.6. The minimum atomic E-state index is -0.431. The van der Waals surface area contributed by atoms with Crippen molar-refractivity contribution < 1.29 is 9.18 Å². The number of nitrogens with two attached hydrogens (primary N) is 1. The molecule has 0 unspecified atom stereocenters. The molecule has 114 valence electrons. The van der Waals surface area contributed by atoms with Crippen LogP contribution in [0, 0.1) is 5.82 Å². The van der Waals surface area contributed by atoms with E-state index >= 15 is 0 Å². The fourth-order valence-corrected chi connectivity index (χ4v) is 3.93. The lowest BCUT2D eigenvalue weighted by atomic mass is 9.95. The highest BCUT2D eigenvalue weighted by molar-refractivity contribution is 9.10. The van der Waals surface area contributed by atoms with Crippen LogP contribution in [0.4, 0.5) is 4.39 Å². The molecule has 0 atom stereocenters. The van der Waals surface area contributed by atoms with Crippen molar-refractivity contribution in [3.63, 3.8) is 0 Å². The first-order valence-corrected chi connectivity index (χ1v) is 8.91. The van der Waals surface area contributed by atoms with Gasteiger partial charge in [0.05, 0.1) is 14.2 Å². The van der Waals surface area contributed by atoms with E-state index in [9.17, 15) is 9.18 Å². The highest BCUT2D eigenvalue weighted by Crippen LogP contribution is 2.35. The van der Waals surface area contributed by atoms with Gasteiger partial charge < -0.3 is 10.6 Å². The number of benzene rings is 1. The third-order valence-corrected chi connectivity index (χ3v) is 6.44. The van der Waals surface area contributed by atoms with Crippen LogP contribution in [0.5, 0.6) is 0 Å². The zero-order valence-electron chi connectivity index (χ0n) is 11.6. The number of thioether (sulfide) groups is 1. The highest BCUT2D eigenvalue weighted by atomic mass is 79.9. The molecule has 1 heterocycles. The maximum Gasteiger partial charge on any atom is 0.253 e. The molecule has 1 fully saturated rings. The Labute approximate surface area is 141 Å². The van der Waals surface area contributed by atoms with Crippen molar-refractivity contribution in [2.45, 2.75) is 17.6 Å². The summed E-state index contributed by atoms with van der Waals surface area (Å²) in [5.74, 6) is -0.585. The molecule has 0 aliphatic carbocycles. The molecule has 2 N–H and O–H groups in total. The summed E-state index contributed by atoms with van der Waals surface area (Å²) in [6.45, 7) is 1.16. The van der Waals surface area contributed by atoms with Crippen LogP contribution in [0.25, 0.3) is 0 Å². The van der Waals surface area contributed by atoms with Gasteiger partial charge in [0, 0.05) is 18.7 Å². The van der Waals surface area contributed by atoms with Crippen LogP contribution < -0.4 is 5.73 Å². The second kappa shape index (κ2) is 6.62. The van der Waals surface area contributed by atoms with Gasteiger partial charge in [0.15, 0.2) is 0 Å². The van der Waals surface area contributed by atoms with Crippen LogP contribution in [0.1, 0.15) is 23.2 Å². The third kappa shape index (κ3) is 3.40. The Morgan fingerprint density at radius 2 is 2.10 bits per heavy atom. The summed E-state index contributed by atoms with van der Waals surface area (Å²) >= 11 is 9.88. The number of likely N-dealkylation sites (tertiary alicyclic amines) is 1. The minimum absolute atomic E-state index is 0.154. The van der Waals surface area contributed by atoms with Gasteiger partial charge in [-0.1, -0.05) is 12.2 Å². The molecule has 7 heteroatoms. The van der Waals surface area contributed by atoms with Gasteiger partial charge >= 0.3 is 0 Å². The molecule has 21 heavy (non-hydrogen) atoms. The van der Waals surface area contributed by atoms with Crippen molar-refractivity contribution in [3.05, 3.63) is 34.1 Å². The lowest BCUT2D eigenvalue weighted by Gasteiger charge is -2.40. The Bertz CT molecular complexity index is 574. The largest absolute Gasteiger partial charge is 0.392 e. The molecule has 0 radical (unpaired) electrons. The Morgan fingerprint density at radius 1 is 1.48 bits per heavy atom. The maximum atomic E-state index is 13.5. The summed E-state index contributed by atoms with van der Waals surface area (Å²) in [4.78, 5) is 14.6. The van der Waals surface area contributed by atoms with Crippen LogP contribution in [0.2, 0.25) is 0 Å². The monoisotopic (exact) mass is 390 g/mol. The summed E-state index contributed by atoms with van der Waals surface area (Å²) in [5, 5.41) is 0. The number of hydrogen-bond donors (Lipinski definition) is 1. The van der Waals surface area contributed by atoms with Crippen molar-refractivity contribution in [1.82, 2.24) is 4.90 Å². The molecule has 1 saturated heterocycles. The summed E-state index contributed by atoms with van der Waals surface area (Å²) < 4.78 is 13.7. The predicted octanol–water partition coefficient (Wildman–Crippen LogP) is 3.21. The van der Waals surface area contributed by atoms with Gasteiger partial charge in [0.1, 0.15) is 5.82 Å².